The fourth-order valence-electron chi connectivity index (χ4n) is 3.10. The Labute approximate surface area is 177 Å². The molecule has 1 aromatic carbocycles. The molecule has 0 bridgehead atoms. The predicted octanol–water partition coefficient (Wildman–Crippen LogP) is 3.04. The first-order chi connectivity index (χ1) is 14.4. The largest absolute Gasteiger partial charge is 0.497 e. The zero-order chi connectivity index (χ0) is 22.1. The van der Waals surface area contributed by atoms with Crippen LogP contribution in [0.5, 0.6) is 5.75 Å². The van der Waals surface area contributed by atoms with E-state index in [2.05, 4.69) is 15.2 Å². The maximum Gasteiger partial charge on any atom is 0.261 e. The second-order valence-electron chi connectivity index (χ2n) is 6.89. The molecule has 1 heterocycles. The fourth-order valence-corrected chi connectivity index (χ4v) is 3.10. The van der Waals surface area contributed by atoms with Crippen LogP contribution in [0.1, 0.15) is 36.7 Å². The highest BCUT2D eigenvalue weighted by molar-refractivity contribution is 6.02. The Morgan fingerprint density at radius 3 is 2.47 bits per heavy atom. The highest BCUT2D eigenvalue weighted by Gasteiger charge is 2.14. The molecule has 0 saturated carbocycles. The molecule has 0 aliphatic rings. The third-order valence-corrected chi connectivity index (χ3v) is 4.68. The van der Waals surface area contributed by atoms with Gasteiger partial charge in [-0.15, -0.1) is 0 Å². The van der Waals surface area contributed by atoms with Crippen LogP contribution in [0.15, 0.2) is 35.9 Å². The number of methoxy groups -OCH3 is 1. The summed E-state index contributed by atoms with van der Waals surface area (Å²) in [6, 6.07) is 11.6. The molecule has 158 valence electrons. The first kappa shape index (κ1) is 22.8. The van der Waals surface area contributed by atoms with Crippen LogP contribution in [-0.2, 0) is 9.59 Å². The number of hydrogen-bond acceptors (Lipinski definition) is 4. The average Bonchev–Trinajstić information content (AvgIpc) is 3.03. The maximum atomic E-state index is 12.4. The lowest BCUT2D eigenvalue weighted by Crippen LogP contribution is -2.31. The highest BCUT2D eigenvalue weighted by Crippen LogP contribution is 2.24. The minimum absolute atomic E-state index is 0.000975. The van der Waals surface area contributed by atoms with E-state index in [0.717, 1.165) is 34.8 Å². The molecule has 2 N–H and O–H groups in total. The van der Waals surface area contributed by atoms with E-state index in [4.69, 9.17) is 4.74 Å². The van der Waals surface area contributed by atoms with Crippen LogP contribution in [-0.4, -0.2) is 36.6 Å². The summed E-state index contributed by atoms with van der Waals surface area (Å²) >= 11 is 0. The van der Waals surface area contributed by atoms with Crippen molar-refractivity contribution in [2.24, 2.45) is 0 Å². The monoisotopic (exact) mass is 408 g/mol. The molecule has 2 amide bonds. The number of carbonyl (C=O) groups excluding carboxylic acids is 2. The van der Waals surface area contributed by atoms with Crippen molar-refractivity contribution < 1.29 is 14.3 Å². The molecule has 0 atom stereocenters. The molecule has 0 fully saturated rings. The zero-order valence-electron chi connectivity index (χ0n) is 17.9. The number of hydrogen-bond donors (Lipinski definition) is 2. The van der Waals surface area contributed by atoms with Gasteiger partial charge < -0.3 is 19.9 Å². The standard InChI is InChI=1S/C23H28N4O3/c1-5-11-25-22(28)10-12-26-23(29)19(15-24)14-18-13-16(2)27(17(18)3)20-6-8-21(30-4)9-7-20/h6-9,13-14H,5,10-12H2,1-4H3,(H,25,28)(H,26,29)/b19-14+. The lowest BCUT2D eigenvalue weighted by molar-refractivity contribution is -0.121. The summed E-state index contributed by atoms with van der Waals surface area (Å²) in [5, 5.41) is 14.8. The Kier molecular flexibility index (Phi) is 8.24. The maximum absolute atomic E-state index is 12.4. The van der Waals surface area contributed by atoms with Gasteiger partial charge in [-0.05, 0) is 62.2 Å². The molecular weight excluding hydrogens is 380 g/mol. The van der Waals surface area contributed by atoms with E-state index in [-0.39, 0.29) is 24.4 Å². The Morgan fingerprint density at radius 2 is 1.87 bits per heavy atom. The Morgan fingerprint density at radius 1 is 1.17 bits per heavy atom. The summed E-state index contributed by atoms with van der Waals surface area (Å²) in [7, 11) is 1.62. The Hall–Kier alpha value is -3.53. The molecule has 7 nitrogen and oxygen atoms in total. The molecule has 0 spiro atoms. The fraction of sp³-hybridized carbons (Fsp3) is 0.348. The average molecular weight is 409 g/mol. The van der Waals surface area contributed by atoms with Crippen molar-refractivity contribution >= 4 is 17.9 Å². The molecule has 1 aromatic heterocycles. The number of aromatic nitrogens is 1. The third kappa shape index (κ3) is 5.74. The van der Waals surface area contributed by atoms with Crippen molar-refractivity contribution in [3.05, 3.63) is 52.9 Å². The van der Waals surface area contributed by atoms with Crippen LogP contribution in [0, 0.1) is 25.2 Å². The van der Waals surface area contributed by atoms with E-state index in [0.29, 0.717) is 6.54 Å². The van der Waals surface area contributed by atoms with Crippen LogP contribution in [0.4, 0.5) is 0 Å². The Balaban J connectivity index is 2.14. The van der Waals surface area contributed by atoms with Gasteiger partial charge in [0.25, 0.3) is 5.91 Å². The number of nitrogens with zero attached hydrogens (tertiary/aromatic N) is 2. The first-order valence-corrected chi connectivity index (χ1v) is 9.91. The van der Waals surface area contributed by atoms with Crippen LogP contribution in [0.25, 0.3) is 11.8 Å². The van der Waals surface area contributed by atoms with Crippen LogP contribution >= 0.6 is 0 Å². The number of nitriles is 1. The topological polar surface area (TPSA) is 96.2 Å². The van der Waals surface area contributed by atoms with Gasteiger partial charge in [0.1, 0.15) is 17.4 Å². The van der Waals surface area contributed by atoms with Crippen molar-refractivity contribution in [2.75, 3.05) is 20.2 Å². The van der Waals surface area contributed by atoms with Crippen LogP contribution in [0.3, 0.4) is 0 Å². The van der Waals surface area contributed by atoms with Crippen molar-refractivity contribution in [3.63, 3.8) is 0 Å². The van der Waals surface area contributed by atoms with Gasteiger partial charge in [0.2, 0.25) is 5.91 Å². The van der Waals surface area contributed by atoms with Gasteiger partial charge >= 0.3 is 0 Å². The van der Waals surface area contributed by atoms with Gasteiger partial charge in [-0.2, -0.15) is 5.26 Å². The minimum atomic E-state index is -0.491. The normalized spacial score (nSPS) is 11.0. The summed E-state index contributed by atoms with van der Waals surface area (Å²) in [4.78, 5) is 24.0. The van der Waals surface area contributed by atoms with Crippen molar-refractivity contribution in [3.8, 4) is 17.5 Å². The molecule has 2 rings (SSSR count). The van der Waals surface area contributed by atoms with E-state index < -0.39 is 5.91 Å². The number of aryl methyl sites for hydroxylation is 1. The number of rotatable bonds is 9. The summed E-state index contributed by atoms with van der Waals surface area (Å²) in [5.41, 5.74) is 3.65. The van der Waals surface area contributed by atoms with Gasteiger partial charge in [0.05, 0.1) is 7.11 Å². The summed E-state index contributed by atoms with van der Waals surface area (Å²) in [5.74, 6) is 0.158. The number of nitrogens with one attached hydrogen (secondary N) is 2. The molecule has 2 aromatic rings. The molecular formula is C23H28N4O3. The molecule has 0 radical (unpaired) electrons. The van der Waals surface area contributed by atoms with Gasteiger partial charge in [0, 0.05) is 36.6 Å². The number of ether oxygens (including phenoxy) is 1. The van der Waals surface area contributed by atoms with Crippen LogP contribution < -0.4 is 15.4 Å². The highest BCUT2D eigenvalue weighted by atomic mass is 16.5. The van der Waals surface area contributed by atoms with Crippen molar-refractivity contribution in [2.45, 2.75) is 33.6 Å². The van der Waals surface area contributed by atoms with E-state index in [1.165, 1.54) is 0 Å². The smallest absolute Gasteiger partial charge is 0.261 e. The SMILES string of the molecule is CCCNC(=O)CCNC(=O)/C(C#N)=C/c1cc(C)n(-c2ccc(OC)cc2)c1C. The molecule has 0 saturated heterocycles. The molecule has 7 heteroatoms. The van der Waals surface area contributed by atoms with E-state index in [9.17, 15) is 14.9 Å². The quantitative estimate of drug-likeness (QED) is 0.492. The summed E-state index contributed by atoms with van der Waals surface area (Å²) < 4.78 is 7.26. The molecule has 30 heavy (non-hydrogen) atoms. The molecule has 0 aliphatic heterocycles. The summed E-state index contributed by atoms with van der Waals surface area (Å²) in [6.07, 6.45) is 2.61. The van der Waals surface area contributed by atoms with Gasteiger partial charge in [-0.1, -0.05) is 6.92 Å². The van der Waals surface area contributed by atoms with Crippen LogP contribution in [0.2, 0.25) is 0 Å². The zero-order valence-corrected chi connectivity index (χ0v) is 17.9. The Bertz CT molecular complexity index is 966. The van der Waals surface area contributed by atoms with E-state index >= 15 is 0 Å². The second kappa shape index (κ2) is 10.9. The molecule has 0 aliphatic carbocycles. The van der Waals surface area contributed by atoms with E-state index in [1.807, 2.05) is 57.2 Å². The second-order valence-corrected chi connectivity index (χ2v) is 6.89. The van der Waals surface area contributed by atoms with E-state index in [1.54, 1.807) is 13.2 Å². The number of amides is 2. The van der Waals surface area contributed by atoms with Crippen molar-refractivity contribution in [1.82, 2.24) is 15.2 Å². The first-order valence-electron chi connectivity index (χ1n) is 9.91. The third-order valence-electron chi connectivity index (χ3n) is 4.68. The lowest BCUT2D eigenvalue weighted by atomic mass is 10.1. The van der Waals surface area contributed by atoms with Gasteiger partial charge in [-0.25, -0.2) is 0 Å². The number of carbonyl (C=O) groups is 2. The van der Waals surface area contributed by atoms with Crippen molar-refractivity contribution in [1.29, 1.82) is 5.26 Å². The predicted molar refractivity (Wildman–Crippen MR) is 116 cm³/mol. The molecule has 0 unspecified atom stereocenters. The minimum Gasteiger partial charge on any atom is -0.497 e. The number of benzene rings is 1. The van der Waals surface area contributed by atoms with Gasteiger partial charge in [-0.3, -0.25) is 9.59 Å². The lowest BCUT2D eigenvalue weighted by Gasteiger charge is -2.10. The van der Waals surface area contributed by atoms with Gasteiger partial charge in [0.15, 0.2) is 0 Å². The summed E-state index contributed by atoms with van der Waals surface area (Å²) in [6.45, 7) is 6.67.